The third-order valence-corrected chi connectivity index (χ3v) is 4.03. The molecule has 0 aliphatic rings. The summed E-state index contributed by atoms with van der Waals surface area (Å²) in [7, 11) is 0. The fraction of sp³-hybridized carbons (Fsp3) is 0. The van der Waals surface area contributed by atoms with Crippen molar-refractivity contribution in [1.29, 1.82) is 0 Å². The summed E-state index contributed by atoms with van der Waals surface area (Å²) in [6.07, 6.45) is 1.54. The van der Waals surface area contributed by atoms with Crippen LogP contribution in [0.2, 0.25) is 0 Å². The molecule has 0 radical (unpaired) electrons. The number of nitrogens with two attached hydrogens (primary N) is 1. The Hall–Kier alpha value is -1.66. The molecular formula is C15H9Br2FN2O. The monoisotopic (exact) mass is 410 g/mol. The summed E-state index contributed by atoms with van der Waals surface area (Å²) in [4.78, 5) is 4.26. The second kappa shape index (κ2) is 5.61. The average molecular weight is 412 g/mol. The van der Waals surface area contributed by atoms with Crippen molar-refractivity contribution in [1.82, 2.24) is 4.98 Å². The van der Waals surface area contributed by atoms with Crippen LogP contribution in [-0.2, 0) is 0 Å². The van der Waals surface area contributed by atoms with Gasteiger partial charge in [0.1, 0.15) is 11.6 Å². The first-order valence-corrected chi connectivity index (χ1v) is 7.60. The number of aromatic nitrogens is 1. The van der Waals surface area contributed by atoms with Crippen LogP contribution < -0.4 is 10.5 Å². The number of ether oxygens (including phenoxy) is 1. The van der Waals surface area contributed by atoms with Crippen LogP contribution in [0.5, 0.6) is 11.5 Å². The Morgan fingerprint density at radius 2 is 1.90 bits per heavy atom. The van der Waals surface area contributed by atoms with E-state index in [1.54, 1.807) is 12.3 Å². The van der Waals surface area contributed by atoms with Crippen LogP contribution in [0.4, 0.5) is 10.1 Å². The van der Waals surface area contributed by atoms with E-state index in [1.165, 1.54) is 12.1 Å². The second-order valence-corrected chi connectivity index (χ2v) is 6.15. The van der Waals surface area contributed by atoms with E-state index in [4.69, 9.17) is 10.5 Å². The summed E-state index contributed by atoms with van der Waals surface area (Å²) in [5, 5.41) is 0.778. The highest BCUT2D eigenvalue weighted by atomic mass is 79.9. The third-order valence-electron chi connectivity index (χ3n) is 2.91. The zero-order chi connectivity index (χ0) is 15.0. The van der Waals surface area contributed by atoms with E-state index in [9.17, 15) is 4.39 Å². The number of nitrogen functional groups attached to an aromatic ring is 1. The molecular weight excluding hydrogens is 403 g/mol. The van der Waals surface area contributed by atoms with Crippen molar-refractivity contribution < 1.29 is 9.13 Å². The molecule has 0 bridgehead atoms. The lowest BCUT2D eigenvalue weighted by molar-refractivity contribution is 0.484. The SMILES string of the molecule is Nc1cnc2ccc(Br)cc2c1Oc1ccc(F)cc1Br. The molecule has 0 amide bonds. The maximum Gasteiger partial charge on any atom is 0.161 e. The normalized spacial score (nSPS) is 10.8. The summed E-state index contributed by atoms with van der Waals surface area (Å²) in [6, 6.07) is 9.85. The van der Waals surface area contributed by atoms with Crippen LogP contribution in [0.1, 0.15) is 0 Å². The summed E-state index contributed by atoms with van der Waals surface area (Å²) in [6.45, 7) is 0. The number of anilines is 1. The number of pyridine rings is 1. The van der Waals surface area contributed by atoms with Crippen LogP contribution in [-0.4, -0.2) is 4.98 Å². The molecule has 0 saturated carbocycles. The number of nitrogens with zero attached hydrogens (tertiary/aromatic N) is 1. The highest BCUT2D eigenvalue weighted by Crippen LogP contribution is 2.38. The van der Waals surface area contributed by atoms with Gasteiger partial charge in [-0.3, -0.25) is 4.98 Å². The highest BCUT2D eigenvalue weighted by Gasteiger charge is 2.12. The summed E-state index contributed by atoms with van der Waals surface area (Å²) >= 11 is 6.69. The first-order chi connectivity index (χ1) is 10.0. The van der Waals surface area contributed by atoms with Gasteiger partial charge in [-0.1, -0.05) is 15.9 Å². The highest BCUT2D eigenvalue weighted by molar-refractivity contribution is 9.10. The fourth-order valence-electron chi connectivity index (χ4n) is 1.94. The molecule has 3 aromatic rings. The minimum absolute atomic E-state index is 0.343. The summed E-state index contributed by atoms with van der Waals surface area (Å²) in [5.41, 5.74) is 7.15. The van der Waals surface area contributed by atoms with Crippen LogP contribution >= 0.6 is 31.9 Å². The number of benzene rings is 2. The minimum atomic E-state index is -0.343. The van der Waals surface area contributed by atoms with Crippen molar-refractivity contribution in [2.75, 3.05) is 5.73 Å². The lowest BCUT2D eigenvalue weighted by Crippen LogP contribution is -1.96. The number of fused-ring (bicyclic) bond motifs is 1. The first-order valence-electron chi connectivity index (χ1n) is 6.01. The molecule has 2 N–H and O–H groups in total. The van der Waals surface area contributed by atoms with Crippen LogP contribution in [0, 0.1) is 5.82 Å². The van der Waals surface area contributed by atoms with Gasteiger partial charge < -0.3 is 10.5 Å². The third kappa shape index (κ3) is 2.87. The molecule has 0 unspecified atom stereocenters. The second-order valence-electron chi connectivity index (χ2n) is 4.38. The van der Waals surface area contributed by atoms with Crippen molar-refractivity contribution >= 4 is 48.5 Å². The maximum atomic E-state index is 13.1. The number of halogens is 3. The molecule has 2 aromatic carbocycles. The largest absolute Gasteiger partial charge is 0.453 e. The maximum absolute atomic E-state index is 13.1. The van der Waals surface area contributed by atoms with E-state index in [2.05, 4.69) is 36.8 Å². The van der Waals surface area contributed by atoms with Crippen molar-refractivity contribution in [3.05, 3.63) is 57.4 Å². The van der Waals surface area contributed by atoms with E-state index < -0.39 is 0 Å². The molecule has 0 atom stereocenters. The molecule has 1 heterocycles. The molecule has 0 aliphatic heterocycles. The van der Waals surface area contributed by atoms with Gasteiger partial charge in [0.2, 0.25) is 0 Å². The van der Waals surface area contributed by atoms with E-state index in [0.29, 0.717) is 21.7 Å². The Morgan fingerprint density at radius 1 is 1.10 bits per heavy atom. The zero-order valence-electron chi connectivity index (χ0n) is 10.6. The minimum Gasteiger partial charge on any atom is -0.453 e. The topological polar surface area (TPSA) is 48.1 Å². The van der Waals surface area contributed by atoms with Crippen LogP contribution in [0.3, 0.4) is 0 Å². The van der Waals surface area contributed by atoms with Crippen molar-refractivity contribution in [3.8, 4) is 11.5 Å². The number of rotatable bonds is 2. The lowest BCUT2D eigenvalue weighted by Gasteiger charge is -2.12. The van der Waals surface area contributed by atoms with Gasteiger partial charge in [-0.05, 0) is 52.3 Å². The van der Waals surface area contributed by atoms with E-state index in [0.717, 1.165) is 15.4 Å². The molecule has 0 fully saturated rings. The fourth-order valence-corrected chi connectivity index (χ4v) is 2.73. The van der Waals surface area contributed by atoms with E-state index in [1.807, 2.05) is 18.2 Å². The molecule has 1 aromatic heterocycles. The molecule has 0 saturated heterocycles. The van der Waals surface area contributed by atoms with Gasteiger partial charge in [-0.2, -0.15) is 0 Å². The van der Waals surface area contributed by atoms with E-state index >= 15 is 0 Å². The zero-order valence-corrected chi connectivity index (χ0v) is 13.8. The Morgan fingerprint density at radius 3 is 2.67 bits per heavy atom. The smallest absolute Gasteiger partial charge is 0.161 e. The predicted octanol–water partition coefficient (Wildman–Crippen LogP) is 5.27. The Kier molecular flexibility index (Phi) is 3.82. The van der Waals surface area contributed by atoms with Crippen molar-refractivity contribution in [3.63, 3.8) is 0 Å². The predicted molar refractivity (Wildman–Crippen MR) is 88.0 cm³/mol. The Balaban J connectivity index is 2.15. The van der Waals surface area contributed by atoms with Gasteiger partial charge in [-0.15, -0.1) is 0 Å². The standard InChI is InChI=1S/C15H9Br2FN2O/c16-8-1-3-13-10(5-8)15(12(19)7-20-13)21-14-4-2-9(18)6-11(14)17/h1-7H,19H2. The van der Waals surface area contributed by atoms with Gasteiger partial charge in [0.05, 0.1) is 21.9 Å². The van der Waals surface area contributed by atoms with Gasteiger partial charge in [0, 0.05) is 9.86 Å². The molecule has 3 rings (SSSR count). The Bertz CT molecular complexity index is 834. The van der Waals surface area contributed by atoms with Gasteiger partial charge >= 0.3 is 0 Å². The first kappa shape index (κ1) is 14.3. The van der Waals surface area contributed by atoms with Crippen molar-refractivity contribution in [2.24, 2.45) is 0 Å². The van der Waals surface area contributed by atoms with Crippen LogP contribution in [0.25, 0.3) is 10.9 Å². The Labute approximate surface area is 137 Å². The molecule has 3 nitrogen and oxygen atoms in total. The molecule has 6 heteroatoms. The van der Waals surface area contributed by atoms with Crippen molar-refractivity contribution in [2.45, 2.75) is 0 Å². The molecule has 106 valence electrons. The van der Waals surface area contributed by atoms with Gasteiger partial charge in [0.25, 0.3) is 0 Å². The quantitative estimate of drug-likeness (QED) is 0.624. The van der Waals surface area contributed by atoms with Gasteiger partial charge in [-0.25, -0.2) is 4.39 Å². The summed E-state index contributed by atoms with van der Waals surface area (Å²) in [5.74, 6) is 0.633. The molecule has 21 heavy (non-hydrogen) atoms. The lowest BCUT2D eigenvalue weighted by atomic mass is 10.2. The van der Waals surface area contributed by atoms with Crippen LogP contribution in [0.15, 0.2) is 51.5 Å². The van der Waals surface area contributed by atoms with E-state index in [-0.39, 0.29) is 5.82 Å². The summed E-state index contributed by atoms with van der Waals surface area (Å²) < 4.78 is 20.4. The molecule has 0 aliphatic carbocycles. The number of hydrogen-bond donors (Lipinski definition) is 1. The average Bonchev–Trinajstić information content (AvgIpc) is 2.44. The number of hydrogen-bond acceptors (Lipinski definition) is 3. The van der Waals surface area contributed by atoms with Gasteiger partial charge in [0.15, 0.2) is 5.75 Å². The molecule has 0 spiro atoms.